The van der Waals surface area contributed by atoms with E-state index in [2.05, 4.69) is 39.1 Å². The van der Waals surface area contributed by atoms with E-state index in [1.807, 2.05) is 0 Å². The van der Waals surface area contributed by atoms with Crippen molar-refractivity contribution in [3.8, 4) is 0 Å². The van der Waals surface area contributed by atoms with Gasteiger partial charge in [0.2, 0.25) is 0 Å². The molecule has 10 atom stereocenters. The normalized spacial score (nSPS) is 55.0. The predicted molar refractivity (Wildman–Crippen MR) is 120 cm³/mol. The van der Waals surface area contributed by atoms with E-state index in [9.17, 15) is 5.11 Å². The Kier molecular flexibility index (Phi) is 4.46. The van der Waals surface area contributed by atoms with Crippen LogP contribution in [0.25, 0.3) is 0 Å². The highest BCUT2D eigenvalue weighted by Crippen LogP contribution is 2.65. The summed E-state index contributed by atoms with van der Waals surface area (Å²) in [6.45, 7) is 10.9. The molecule has 4 aliphatic carbocycles. The average molecular weight is 412 g/mol. The first-order chi connectivity index (χ1) is 14.3. The van der Waals surface area contributed by atoms with Gasteiger partial charge < -0.3 is 15.2 Å². The molecule has 0 aromatic carbocycles. The first-order valence-electron chi connectivity index (χ1n) is 12.8. The molecule has 3 nitrogen and oxygen atoms in total. The van der Waals surface area contributed by atoms with Gasteiger partial charge >= 0.3 is 0 Å². The summed E-state index contributed by atoms with van der Waals surface area (Å²) in [5.74, 6) is 3.64. The molecule has 0 radical (unpaired) electrons. The molecule has 0 aromatic heterocycles. The Balaban J connectivity index is 1.34. The molecule has 0 bridgehead atoms. The van der Waals surface area contributed by atoms with E-state index in [1.54, 1.807) is 16.7 Å². The lowest BCUT2D eigenvalue weighted by atomic mass is 9.56. The summed E-state index contributed by atoms with van der Waals surface area (Å²) < 4.78 is 7.03. The van der Waals surface area contributed by atoms with Gasteiger partial charge in [0.1, 0.15) is 0 Å². The molecule has 1 spiro atoms. The van der Waals surface area contributed by atoms with Crippen molar-refractivity contribution in [2.75, 3.05) is 6.54 Å². The van der Waals surface area contributed by atoms with Gasteiger partial charge in [0.25, 0.3) is 0 Å². The Morgan fingerprint density at radius 1 is 1.17 bits per heavy atom. The smallest absolute Gasteiger partial charge is 0.0937 e. The van der Waals surface area contributed by atoms with Crippen LogP contribution < -0.4 is 5.32 Å². The topological polar surface area (TPSA) is 41.5 Å². The fraction of sp³-hybridized carbons (Fsp3) is 0.852. The lowest BCUT2D eigenvalue weighted by Crippen LogP contribution is -2.49. The maximum absolute atomic E-state index is 10.3. The van der Waals surface area contributed by atoms with Crippen LogP contribution in [-0.2, 0) is 4.74 Å². The highest BCUT2D eigenvalue weighted by Gasteiger charge is 2.60. The Bertz CT molecular complexity index is 801. The summed E-state index contributed by atoms with van der Waals surface area (Å²) >= 11 is 0. The maximum Gasteiger partial charge on any atom is 0.0937 e. The number of aliphatic hydroxyl groups is 1. The Hall–Kier alpha value is -0.640. The molecule has 3 heteroatoms. The van der Waals surface area contributed by atoms with Crippen molar-refractivity contribution < 1.29 is 9.84 Å². The van der Waals surface area contributed by atoms with Gasteiger partial charge in [-0.3, -0.25) is 0 Å². The number of hydrogen-bond donors (Lipinski definition) is 2. The maximum atomic E-state index is 10.3. The third-order valence-electron chi connectivity index (χ3n) is 10.9. The van der Waals surface area contributed by atoms with E-state index in [-0.39, 0.29) is 11.7 Å². The largest absolute Gasteiger partial charge is 0.393 e. The van der Waals surface area contributed by atoms with Crippen LogP contribution in [0.4, 0.5) is 0 Å². The molecule has 2 saturated heterocycles. The van der Waals surface area contributed by atoms with Crippen molar-refractivity contribution in [1.82, 2.24) is 5.32 Å². The number of hydrogen-bond acceptors (Lipinski definition) is 3. The van der Waals surface area contributed by atoms with Crippen LogP contribution in [0, 0.1) is 35.0 Å². The molecular formula is C27H41NO2. The van der Waals surface area contributed by atoms with Crippen LogP contribution in [0.15, 0.2) is 22.8 Å². The molecule has 6 rings (SSSR count). The van der Waals surface area contributed by atoms with Crippen molar-refractivity contribution >= 4 is 0 Å². The zero-order chi connectivity index (χ0) is 20.8. The second-order valence-electron chi connectivity index (χ2n) is 12.2. The fourth-order valence-corrected chi connectivity index (χ4v) is 9.09. The summed E-state index contributed by atoms with van der Waals surface area (Å²) in [5.41, 5.74) is 5.25. The van der Waals surface area contributed by atoms with Gasteiger partial charge in [0.05, 0.1) is 17.8 Å². The second-order valence-corrected chi connectivity index (χ2v) is 12.2. The summed E-state index contributed by atoms with van der Waals surface area (Å²) in [7, 11) is 0. The molecule has 2 heterocycles. The molecule has 2 N–H and O–H groups in total. The highest BCUT2D eigenvalue weighted by molar-refractivity contribution is 5.38. The van der Waals surface area contributed by atoms with Crippen molar-refractivity contribution in [2.24, 2.45) is 35.0 Å². The van der Waals surface area contributed by atoms with E-state index in [4.69, 9.17) is 4.74 Å². The van der Waals surface area contributed by atoms with Crippen LogP contribution in [-0.4, -0.2) is 35.5 Å². The number of fused-ring (bicyclic) bond motifs is 6. The lowest BCUT2D eigenvalue weighted by molar-refractivity contribution is -0.0549. The molecule has 2 saturated carbocycles. The predicted octanol–water partition coefficient (Wildman–Crippen LogP) is 5.00. The van der Waals surface area contributed by atoms with Crippen molar-refractivity contribution in [1.29, 1.82) is 0 Å². The number of ether oxygens (including phenoxy) is 1. The van der Waals surface area contributed by atoms with Crippen LogP contribution >= 0.6 is 0 Å². The molecule has 166 valence electrons. The fourth-order valence-electron chi connectivity index (χ4n) is 9.09. The molecule has 0 aromatic rings. The van der Waals surface area contributed by atoms with Gasteiger partial charge in [0, 0.05) is 12.0 Å². The molecule has 30 heavy (non-hydrogen) atoms. The summed E-state index contributed by atoms with van der Waals surface area (Å²) in [6.07, 6.45) is 12.2. The average Bonchev–Trinajstić information content (AvgIpc) is 3.23. The monoisotopic (exact) mass is 411 g/mol. The van der Waals surface area contributed by atoms with E-state index in [1.165, 1.54) is 38.5 Å². The van der Waals surface area contributed by atoms with Gasteiger partial charge in [-0.1, -0.05) is 38.0 Å². The number of allylic oxidation sites excluding steroid dienone is 2. The van der Waals surface area contributed by atoms with Crippen LogP contribution in [0.3, 0.4) is 0 Å². The Labute approximate surface area is 182 Å². The number of rotatable bonds is 0. The quantitative estimate of drug-likeness (QED) is 0.551. The summed E-state index contributed by atoms with van der Waals surface area (Å²) in [5, 5.41) is 14.1. The van der Waals surface area contributed by atoms with Gasteiger partial charge in [-0.05, 0) is 99.5 Å². The van der Waals surface area contributed by atoms with E-state index >= 15 is 0 Å². The minimum absolute atomic E-state index is 0.0222. The Morgan fingerprint density at radius 3 is 2.83 bits per heavy atom. The third kappa shape index (κ3) is 2.55. The lowest BCUT2D eigenvalue weighted by Gasteiger charge is -2.49. The molecular weight excluding hydrogens is 370 g/mol. The van der Waals surface area contributed by atoms with Crippen LogP contribution in [0.5, 0.6) is 0 Å². The van der Waals surface area contributed by atoms with Crippen LogP contribution in [0.1, 0.15) is 79.1 Å². The molecule has 0 unspecified atom stereocenters. The van der Waals surface area contributed by atoms with E-state index in [0.717, 1.165) is 43.1 Å². The van der Waals surface area contributed by atoms with Gasteiger partial charge in [-0.2, -0.15) is 0 Å². The zero-order valence-corrected chi connectivity index (χ0v) is 19.4. The molecule has 0 amide bonds. The summed E-state index contributed by atoms with van der Waals surface area (Å²) in [4.78, 5) is 0. The van der Waals surface area contributed by atoms with Gasteiger partial charge in [-0.25, -0.2) is 0 Å². The number of nitrogens with one attached hydrogen (secondary N) is 1. The van der Waals surface area contributed by atoms with E-state index < -0.39 is 0 Å². The first kappa shape index (κ1) is 20.0. The van der Waals surface area contributed by atoms with Gasteiger partial charge in [0.15, 0.2) is 0 Å². The molecule has 6 aliphatic rings. The first-order valence-corrected chi connectivity index (χ1v) is 12.8. The van der Waals surface area contributed by atoms with Crippen molar-refractivity contribution in [3.63, 3.8) is 0 Å². The van der Waals surface area contributed by atoms with Crippen LogP contribution in [0.2, 0.25) is 0 Å². The zero-order valence-electron chi connectivity index (χ0n) is 19.4. The van der Waals surface area contributed by atoms with Crippen molar-refractivity contribution in [2.45, 2.75) is 103 Å². The SMILES string of the molecule is CC1=C2C[C@@H]3[C@@H](CC=C4C[C@@H](O)CC[C@@]43C)[C@H]2CC[C@]12O[C@H]1C[C@H](C)CN[C@H]1[C@@H]2C. The second kappa shape index (κ2) is 6.68. The van der Waals surface area contributed by atoms with Crippen molar-refractivity contribution in [3.05, 3.63) is 22.8 Å². The summed E-state index contributed by atoms with van der Waals surface area (Å²) in [6, 6.07) is 0.530. The molecule has 4 fully saturated rings. The third-order valence-corrected chi connectivity index (χ3v) is 10.9. The minimum atomic E-state index is -0.111. The van der Waals surface area contributed by atoms with E-state index in [0.29, 0.717) is 23.5 Å². The number of aliphatic hydroxyl groups excluding tert-OH is 1. The molecule has 2 aliphatic heterocycles. The Morgan fingerprint density at radius 2 is 2.00 bits per heavy atom. The number of piperidine rings is 1. The minimum Gasteiger partial charge on any atom is -0.393 e. The van der Waals surface area contributed by atoms with Gasteiger partial charge in [-0.15, -0.1) is 0 Å². The highest BCUT2D eigenvalue weighted by atomic mass is 16.5. The standard InChI is InChI=1S/C27H41NO2/c1-15-11-24-25(28-14-15)17(3)27(30-24)10-8-20-21-6-5-18-12-19(29)7-9-26(18,4)23(21)13-22(20)16(27)2/h5,15,17,19-21,23-25,28-29H,6-14H2,1-4H3/t15-,17-,19-,20+,21-,23+,24-,25-,26-,27-/m0/s1.